The minimum absolute atomic E-state index is 0.282. The zero-order valence-electron chi connectivity index (χ0n) is 17.0. The summed E-state index contributed by atoms with van der Waals surface area (Å²) >= 11 is 0. The van der Waals surface area contributed by atoms with Crippen LogP contribution in [0.3, 0.4) is 0 Å². The first kappa shape index (κ1) is 24.5. The van der Waals surface area contributed by atoms with Crippen LogP contribution < -0.4 is 4.74 Å². The van der Waals surface area contributed by atoms with Gasteiger partial charge in [-0.25, -0.2) is 0 Å². The molecule has 9 N–H and O–H groups in total. The van der Waals surface area contributed by atoms with Gasteiger partial charge in [-0.15, -0.1) is 0 Å². The maximum Gasteiger partial charge on any atom is 0.229 e. The highest BCUT2D eigenvalue weighted by molar-refractivity contribution is 6.02. The number of ether oxygens (including phenoxy) is 2. The van der Waals surface area contributed by atoms with E-state index in [9.17, 15) is 50.8 Å². The third kappa shape index (κ3) is 4.95. The largest absolute Gasteiger partial charge is 0.504 e. The first-order valence-electron chi connectivity index (χ1n) is 9.80. The zero-order valence-corrected chi connectivity index (χ0v) is 17.0. The number of rotatable bonds is 7. The molecule has 12 heteroatoms. The van der Waals surface area contributed by atoms with Crippen molar-refractivity contribution in [2.75, 3.05) is 6.61 Å². The smallest absolute Gasteiger partial charge is 0.229 e. The van der Waals surface area contributed by atoms with Gasteiger partial charge in [0.2, 0.25) is 12.0 Å². The summed E-state index contributed by atoms with van der Waals surface area (Å²) in [6, 6.07) is 5.69. The number of carbonyl (C=O) groups is 1. The SMILES string of the molecule is O=C(c1ccc(O)c(O[C@@H]2O[C@@H](CO)[C@@H](O)[C@@H](O)[C@H]2O)c1O)[C@@H](O)Cc1ccc(O)c(O)c1. The Balaban J connectivity index is 1.82. The van der Waals surface area contributed by atoms with E-state index in [1.54, 1.807) is 0 Å². The molecule has 2 aromatic carbocycles. The lowest BCUT2D eigenvalue weighted by Crippen LogP contribution is -2.60. The van der Waals surface area contributed by atoms with Crippen LogP contribution in [0.2, 0.25) is 0 Å². The number of hydrogen-bond acceptors (Lipinski definition) is 12. The van der Waals surface area contributed by atoms with E-state index in [4.69, 9.17) is 9.47 Å². The second-order valence-electron chi connectivity index (χ2n) is 7.53. The average molecular weight is 468 g/mol. The van der Waals surface area contributed by atoms with E-state index in [0.717, 1.165) is 18.2 Å². The molecule has 0 saturated carbocycles. The molecule has 180 valence electrons. The molecule has 2 aromatic rings. The minimum Gasteiger partial charge on any atom is -0.504 e. The first-order valence-corrected chi connectivity index (χ1v) is 9.80. The molecule has 6 atom stereocenters. The van der Waals surface area contributed by atoms with Crippen LogP contribution in [0.5, 0.6) is 28.7 Å². The number of phenols is 4. The van der Waals surface area contributed by atoms with E-state index in [1.165, 1.54) is 12.1 Å². The van der Waals surface area contributed by atoms with Gasteiger partial charge in [-0.05, 0) is 29.8 Å². The van der Waals surface area contributed by atoms with Gasteiger partial charge in [0.1, 0.15) is 30.5 Å². The van der Waals surface area contributed by atoms with Crippen LogP contribution >= 0.6 is 0 Å². The van der Waals surface area contributed by atoms with Gasteiger partial charge in [-0.1, -0.05) is 6.07 Å². The van der Waals surface area contributed by atoms with Crippen LogP contribution in [0.4, 0.5) is 0 Å². The number of benzene rings is 2. The van der Waals surface area contributed by atoms with Crippen LogP contribution in [-0.2, 0) is 11.2 Å². The van der Waals surface area contributed by atoms with Gasteiger partial charge in [-0.2, -0.15) is 0 Å². The van der Waals surface area contributed by atoms with Gasteiger partial charge in [0, 0.05) is 6.42 Å². The number of ketones is 1. The molecule has 0 aliphatic carbocycles. The van der Waals surface area contributed by atoms with Crippen LogP contribution in [-0.4, -0.2) is 95.2 Å². The predicted octanol–water partition coefficient (Wildman–Crippen LogP) is -1.53. The first-order chi connectivity index (χ1) is 15.5. The van der Waals surface area contributed by atoms with Crippen LogP contribution in [0.15, 0.2) is 30.3 Å². The van der Waals surface area contributed by atoms with Crippen molar-refractivity contribution in [3.05, 3.63) is 41.5 Å². The number of phenolic OH excluding ortho intramolecular Hbond substituents is 4. The second kappa shape index (κ2) is 9.79. The predicted molar refractivity (Wildman–Crippen MR) is 108 cm³/mol. The quantitative estimate of drug-likeness (QED) is 0.167. The summed E-state index contributed by atoms with van der Waals surface area (Å²) in [7, 11) is 0. The normalized spacial score (nSPS) is 26.0. The van der Waals surface area contributed by atoms with Crippen molar-refractivity contribution in [1.29, 1.82) is 0 Å². The van der Waals surface area contributed by atoms with E-state index < -0.39 is 77.8 Å². The van der Waals surface area contributed by atoms with Crippen LogP contribution in [0, 0.1) is 0 Å². The maximum absolute atomic E-state index is 12.7. The van der Waals surface area contributed by atoms with Gasteiger partial charge in [0.15, 0.2) is 28.8 Å². The third-order valence-corrected chi connectivity index (χ3v) is 5.23. The molecular formula is C21H24O12. The summed E-state index contributed by atoms with van der Waals surface area (Å²) in [4.78, 5) is 12.7. The Morgan fingerprint density at radius 1 is 0.939 bits per heavy atom. The highest BCUT2D eigenvalue weighted by atomic mass is 16.7. The van der Waals surface area contributed by atoms with Gasteiger partial charge in [0.05, 0.1) is 12.2 Å². The Bertz CT molecular complexity index is 1010. The molecule has 12 nitrogen and oxygen atoms in total. The van der Waals surface area contributed by atoms with E-state index in [2.05, 4.69) is 0 Å². The lowest BCUT2D eigenvalue weighted by Gasteiger charge is -2.39. The van der Waals surface area contributed by atoms with Crippen LogP contribution in [0.25, 0.3) is 0 Å². The van der Waals surface area contributed by atoms with Crippen molar-refractivity contribution in [3.8, 4) is 28.7 Å². The van der Waals surface area contributed by atoms with Gasteiger partial charge in [0.25, 0.3) is 0 Å². The summed E-state index contributed by atoms with van der Waals surface area (Å²) in [5, 5.41) is 88.8. The van der Waals surface area contributed by atoms with E-state index in [0.29, 0.717) is 5.56 Å². The van der Waals surface area contributed by atoms with Gasteiger partial charge < -0.3 is 55.4 Å². The molecule has 0 bridgehead atoms. The number of aliphatic hydroxyl groups excluding tert-OH is 5. The summed E-state index contributed by atoms with van der Waals surface area (Å²) < 4.78 is 10.4. The molecule has 0 unspecified atom stereocenters. The Labute approximate surface area is 186 Å². The molecule has 1 heterocycles. The summed E-state index contributed by atoms with van der Waals surface area (Å²) in [6.45, 7) is -0.736. The Kier molecular flexibility index (Phi) is 7.27. The zero-order chi connectivity index (χ0) is 24.4. The molecule has 0 radical (unpaired) electrons. The number of hydrogen-bond donors (Lipinski definition) is 9. The summed E-state index contributed by atoms with van der Waals surface area (Å²) in [6.07, 6.45) is -10.3. The monoisotopic (exact) mass is 468 g/mol. The number of carbonyl (C=O) groups excluding carboxylic acids is 1. The third-order valence-electron chi connectivity index (χ3n) is 5.23. The standard InChI is InChI=1S/C21H24O12/c22-7-14-17(29)18(30)19(31)21(32-14)33-20-11(24)4-2-9(16(20)28)15(27)13(26)6-8-1-3-10(23)12(25)5-8/h1-5,13-14,17-19,21-26,28-31H,6-7H2/t13-,14-,17+,18+,19+,21-/m0/s1. The van der Waals surface area contributed by atoms with E-state index in [-0.39, 0.29) is 12.2 Å². The van der Waals surface area contributed by atoms with Gasteiger partial charge >= 0.3 is 0 Å². The summed E-state index contributed by atoms with van der Waals surface area (Å²) in [5.41, 5.74) is -0.148. The number of aliphatic hydroxyl groups is 5. The maximum atomic E-state index is 12.7. The van der Waals surface area contributed by atoms with Crippen molar-refractivity contribution >= 4 is 5.78 Å². The van der Waals surface area contributed by atoms with Crippen LogP contribution in [0.1, 0.15) is 15.9 Å². The molecule has 1 fully saturated rings. The highest BCUT2D eigenvalue weighted by Crippen LogP contribution is 2.41. The highest BCUT2D eigenvalue weighted by Gasteiger charge is 2.45. The van der Waals surface area contributed by atoms with Crippen molar-refractivity contribution in [1.82, 2.24) is 0 Å². The van der Waals surface area contributed by atoms with Crippen molar-refractivity contribution in [2.24, 2.45) is 0 Å². The molecule has 0 amide bonds. The van der Waals surface area contributed by atoms with E-state index in [1.807, 2.05) is 0 Å². The molecule has 33 heavy (non-hydrogen) atoms. The number of Topliss-reactive ketones (excluding diaryl/α,β-unsaturated/α-hetero) is 1. The fraction of sp³-hybridized carbons (Fsp3) is 0.381. The lowest BCUT2D eigenvalue weighted by molar-refractivity contribution is -0.277. The van der Waals surface area contributed by atoms with Crippen molar-refractivity contribution in [3.63, 3.8) is 0 Å². The Morgan fingerprint density at radius 3 is 2.24 bits per heavy atom. The Morgan fingerprint density at radius 2 is 1.61 bits per heavy atom. The second-order valence-corrected chi connectivity index (χ2v) is 7.53. The topological polar surface area (TPSA) is 218 Å². The molecule has 1 aliphatic rings. The molecule has 0 spiro atoms. The molecular weight excluding hydrogens is 444 g/mol. The summed E-state index contributed by atoms with van der Waals surface area (Å²) in [5.74, 6) is -4.08. The molecule has 1 aliphatic heterocycles. The fourth-order valence-corrected chi connectivity index (χ4v) is 3.35. The van der Waals surface area contributed by atoms with Crippen molar-refractivity contribution < 1.29 is 60.2 Å². The Hall–Kier alpha value is -3.13. The minimum atomic E-state index is -1.84. The molecule has 0 aromatic heterocycles. The van der Waals surface area contributed by atoms with Gasteiger partial charge in [-0.3, -0.25) is 4.79 Å². The fourth-order valence-electron chi connectivity index (χ4n) is 3.35. The van der Waals surface area contributed by atoms with E-state index >= 15 is 0 Å². The molecule has 1 saturated heterocycles. The molecule has 3 rings (SSSR count). The van der Waals surface area contributed by atoms with Crippen molar-refractivity contribution in [2.45, 2.75) is 43.2 Å². The lowest BCUT2D eigenvalue weighted by atomic mass is 9.98. The number of aromatic hydroxyl groups is 4. The average Bonchev–Trinajstić information content (AvgIpc) is 2.78.